The Bertz CT molecular complexity index is 1730. The third-order valence-corrected chi connectivity index (χ3v) is 7.24. The second kappa shape index (κ2) is 9.36. The van der Waals surface area contributed by atoms with Crippen molar-refractivity contribution in [2.24, 2.45) is 7.05 Å². The van der Waals surface area contributed by atoms with Gasteiger partial charge >= 0.3 is 0 Å². The summed E-state index contributed by atoms with van der Waals surface area (Å²) in [5, 5.41) is 22.2. The minimum Gasteiger partial charge on any atom is -0.326 e. The lowest BCUT2D eigenvalue weighted by molar-refractivity contribution is -0.113. The number of fused-ring (bicyclic) bond motifs is 3. The number of aromatic nitrogens is 5. The summed E-state index contributed by atoms with van der Waals surface area (Å²) in [4.78, 5) is 25.7. The van der Waals surface area contributed by atoms with Crippen LogP contribution in [0.25, 0.3) is 16.7 Å². The van der Waals surface area contributed by atoms with Crippen LogP contribution in [0.3, 0.4) is 0 Å². The fourth-order valence-electron chi connectivity index (χ4n) is 4.30. The lowest BCUT2D eigenvalue weighted by atomic mass is 10.2. The van der Waals surface area contributed by atoms with Crippen LogP contribution in [0.4, 0.5) is 5.82 Å². The molecular formula is C26H23N7O2S. The minimum absolute atomic E-state index is 0.0530. The van der Waals surface area contributed by atoms with Crippen molar-refractivity contribution in [2.45, 2.75) is 25.5 Å². The van der Waals surface area contributed by atoms with E-state index in [0.29, 0.717) is 39.8 Å². The Morgan fingerprint density at radius 3 is 2.56 bits per heavy atom. The first-order valence-corrected chi connectivity index (χ1v) is 12.3. The maximum atomic E-state index is 13.1. The summed E-state index contributed by atoms with van der Waals surface area (Å²) < 4.78 is 5.18. The van der Waals surface area contributed by atoms with Crippen LogP contribution >= 0.6 is 11.8 Å². The van der Waals surface area contributed by atoms with Crippen LogP contribution < -0.4 is 10.9 Å². The maximum absolute atomic E-state index is 13.1. The van der Waals surface area contributed by atoms with Crippen LogP contribution in [0.15, 0.2) is 64.5 Å². The van der Waals surface area contributed by atoms with E-state index in [1.165, 1.54) is 16.3 Å². The van der Waals surface area contributed by atoms with Crippen molar-refractivity contribution in [2.75, 3.05) is 11.1 Å². The number of carbonyl (C=O) groups excluding carboxylic acids is 1. The first-order chi connectivity index (χ1) is 17.4. The molecule has 0 bridgehead atoms. The van der Waals surface area contributed by atoms with E-state index in [2.05, 4.69) is 21.6 Å². The van der Waals surface area contributed by atoms with Crippen LogP contribution in [0.2, 0.25) is 0 Å². The molecule has 3 aromatic heterocycles. The molecule has 5 aromatic rings. The molecule has 0 atom stereocenters. The SMILES string of the molecule is Cc1c(C#N)c(NC(=O)CSc2nnc3n(C)c(=O)c4ccccc4n23)n(Cc2ccccc2)c1C. The number of carbonyl (C=O) groups is 1. The molecule has 0 spiro atoms. The fraction of sp³-hybridized carbons (Fsp3) is 0.192. The van der Waals surface area contributed by atoms with Gasteiger partial charge in [0.05, 0.1) is 22.2 Å². The van der Waals surface area contributed by atoms with E-state index in [0.717, 1.165) is 16.8 Å². The van der Waals surface area contributed by atoms with Crippen molar-refractivity contribution in [1.29, 1.82) is 5.26 Å². The summed E-state index contributed by atoms with van der Waals surface area (Å²) in [7, 11) is 1.65. The standard InChI is InChI=1S/C26H23N7O2S/c1-16-17(2)32(14-18-9-5-4-6-10-18)23(20(16)13-27)28-22(34)15-36-26-30-29-25-31(3)24(35)19-11-7-8-12-21(19)33(25)26/h4-12H,14-15H2,1-3H3,(H,28,34). The highest BCUT2D eigenvalue weighted by Gasteiger charge is 2.21. The molecule has 9 nitrogen and oxygen atoms in total. The van der Waals surface area contributed by atoms with Crippen molar-refractivity contribution in [3.05, 3.63) is 87.3 Å². The molecule has 0 saturated carbocycles. The summed E-state index contributed by atoms with van der Waals surface area (Å²) >= 11 is 1.22. The maximum Gasteiger partial charge on any atom is 0.262 e. The van der Waals surface area contributed by atoms with Crippen molar-refractivity contribution < 1.29 is 4.79 Å². The van der Waals surface area contributed by atoms with Gasteiger partial charge < -0.3 is 9.88 Å². The average Bonchev–Trinajstić information content (AvgIpc) is 3.42. The van der Waals surface area contributed by atoms with Gasteiger partial charge in [0, 0.05) is 19.3 Å². The van der Waals surface area contributed by atoms with Crippen LogP contribution in [0, 0.1) is 25.2 Å². The van der Waals surface area contributed by atoms with Crippen LogP contribution in [0.5, 0.6) is 0 Å². The van der Waals surface area contributed by atoms with Gasteiger partial charge in [0.1, 0.15) is 11.9 Å². The van der Waals surface area contributed by atoms with E-state index in [-0.39, 0.29) is 17.2 Å². The van der Waals surface area contributed by atoms with Crippen molar-refractivity contribution in [3.63, 3.8) is 0 Å². The van der Waals surface area contributed by atoms with Crippen molar-refractivity contribution in [3.8, 4) is 6.07 Å². The molecule has 0 fully saturated rings. The van der Waals surface area contributed by atoms with E-state index >= 15 is 0 Å². The van der Waals surface area contributed by atoms with Gasteiger partial charge in [-0.2, -0.15) is 5.26 Å². The second-order valence-corrected chi connectivity index (χ2v) is 9.40. The number of nitriles is 1. The van der Waals surface area contributed by atoms with Crippen LogP contribution in [0.1, 0.15) is 22.4 Å². The Morgan fingerprint density at radius 2 is 1.81 bits per heavy atom. The highest BCUT2D eigenvalue weighted by Crippen LogP contribution is 2.28. The number of anilines is 1. The van der Waals surface area contributed by atoms with Crippen LogP contribution in [-0.4, -0.2) is 35.4 Å². The summed E-state index contributed by atoms with van der Waals surface area (Å²) in [6.45, 7) is 4.37. The predicted octanol–water partition coefficient (Wildman–Crippen LogP) is 3.65. The third kappa shape index (κ3) is 3.93. The molecule has 0 aliphatic carbocycles. The lowest BCUT2D eigenvalue weighted by Gasteiger charge is -2.13. The number of nitrogens with zero attached hydrogens (tertiary/aromatic N) is 6. The number of hydrogen-bond donors (Lipinski definition) is 1. The zero-order chi connectivity index (χ0) is 25.4. The van der Waals surface area contributed by atoms with Gasteiger partial charge in [0.15, 0.2) is 5.16 Å². The van der Waals surface area contributed by atoms with E-state index in [1.807, 2.05) is 66.9 Å². The highest BCUT2D eigenvalue weighted by atomic mass is 32.2. The number of nitrogens with one attached hydrogen (secondary N) is 1. The number of aryl methyl sites for hydroxylation is 1. The molecule has 3 heterocycles. The quantitative estimate of drug-likeness (QED) is 0.359. The first-order valence-electron chi connectivity index (χ1n) is 11.3. The smallest absolute Gasteiger partial charge is 0.262 e. The van der Waals surface area contributed by atoms with Crippen LogP contribution in [-0.2, 0) is 18.4 Å². The third-order valence-electron chi connectivity index (χ3n) is 6.31. The Kier molecular flexibility index (Phi) is 6.08. The number of hydrogen-bond acceptors (Lipinski definition) is 6. The van der Waals surface area contributed by atoms with E-state index < -0.39 is 0 Å². The molecule has 2 aromatic carbocycles. The monoisotopic (exact) mass is 497 g/mol. The van der Waals surface area contributed by atoms with Gasteiger partial charge in [-0.1, -0.05) is 54.2 Å². The van der Waals surface area contributed by atoms with Gasteiger partial charge in [-0.3, -0.25) is 18.6 Å². The number of benzene rings is 2. The number of para-hydroxylation sites is 1. The molecular weight excluding hydrogens is 474 g/mol. The normalized spacial score (nSPS) is 11.2. The molecule has 10 heteroatoms. The average molecular weight is 498 g/mol. The molecule has 0 saturated heterocycles. The molecule has 0 aliphatic heterocycles. The summed E-state index contributed by atoms with van der Waals surface area (Å²) in [5.41, 5.74) is 3.81. The topological polar surface area (TPSA) is 110 Å². The molecule has 0 radical (unpaired) electrons. The second-order valence-electron chi connectivity index (χ2n) is 8.45. The van der Waals surface area contributed by atoms with Gasteiger partial charge in [-0.05, 0) is 37.1 Å². The number of amides is 1. The number of rotatable bonds is 6. The minimum atomic E-state index is -0.269. The molecule has 1 N–H and O–H groups in total. The molecule has 36 heavy (non-hydrogen) atoms. The fourth-order valence-corrected chi connectivity index (χ4v) is 5.04. The van der Waals surface area contributed by atoms with Gasteiger partial charge in [-0.25, -0.2) is 0 Å². The zero-order valence-electron chi connectivity index (χ0n) is 20.0. The molecule has 1 amide bonds. The summed E-state index contributed by atoms with van der Waals surface area (Å²) in [5.74, 6) is 0.670. The Morgan fingerprint density at radius 1 is 1.08 bits per heavy atom. The largest absolute Gasteiger partial charge is 0.326 e. The highest BCUT2D eigenvalue weighted by molar-refractivity contribution is 7.99. The molecule has 180 valence electrons. The molecule has 0 unspecified atom stereocenters. The van der Waals surface area contributed by atoms with E-state index in [4.69, 9.17) is 0 Å². The van der Waals surface area contributed by atoms with E-state index in [1.54, 1.807) is 17.5 Å². The van der Waals surface area contributed by atoms with Gasteiger partial charge in [0.2, 0.25) is 11.7 Å². The number of thioether (sulfide) groups is 1. The first kappa shape index (κ1) is 23.4. The zero-order valence-corrected chi connectivity index (χ0v) is 20.8. The Labute approximate surface area is 211 Å². The van der Waals surface area contributed by atoms with E-state index in [9.17, 15) is 14.9 Å². The van der Waals surface area contributed by atoms with Gasteiger partial charge in [0.25, 0.3) is 5.56 Å². The van der Waals surface area contributed by atoms with Crippen molar-refractivity contribution in [1.82, 2.24) is 23.7 Å². The molecule has 0 aliphatic rings. The predicted molar refractivity (Wildman–Crippen MR) is 139 cm³/mol. The Balaban J connectivity index is 1.43. The summed E-state index contributed by atoms with van der Waals surface area (Å²) in [6, 6.07) is 19.4. The summed E-state index contributed by atoms with van der Waals surface area (Å²) in [6.07, 6.45) is 0. The lowest BCUT2D eigenvalue weighted by Crippen LogP contribution is -2.20. The Hall–Kier alpha value is -4.36. The van der Waals surface area contributed by atoms with Crippen molar-refractivity contribution >= 4 is 40.2 Å². The van der Waals surface area contributed by atoms with Gasteiger partial charge in [-0.15, -0.1) is 10.2 Å². The molecule has 5 rings (SSSR count).